The minimum atomic E-state index is -4.73. The van der Waals surface area contributed by atoms with E-state index in [-0.39, 0.29) is 11.5 Å². The Hall–Kier alpha value is -1.82. The highest BCUT2D eigenvalue weighted by atomic mass is 19.4. The first-order valence-corrected chi connectivity index (χ1v) is 5.11. The van der Waals surface area contributed by atoms with E-state index in [2.05, 4.69) is 4.74 Å². The largest absolute Gasteiger partial charge is 0.573 e. The Kier molecular flexibility index (Phi) is 3.38. The molecule has 1 aliphatic heterocycles. The molecule has 0 amide bonds. The first kappa shape index (κ1) is 12.6. The standard InChI is InChI=1S/C12H9F3O3/c13-12(14,15)18-10-3-1-9(2-4-10)11(16)5-8-6-17-7-8/h1-5H,6-7H2. The SMILES string of the molecule is O=C(C=C1COC1)c1ccc(OC(F)(F)F)cc1. The molecule has 0 aromatic heterocycles. The van der Waals surface area contributed by atoms with Gasteiger partial charge in [0.1, 0.15) is 5.75 Å². The third-order valence-electron chi connectivity index (χ3n) is 2.28. The molecule has 96 valence electrons. The molecule has 2 rings (SSSR count). The van der Waals surface area contributed by atoms with Gasteiger partial charge in [0.05, 0.1) is 13.2 Å². The Morgan fingerprint density at radius 3 is 2.28 bits per heavy atom. The Bertz CT molecular complexity index is 468. The predicted octanol–water partition coefficient (Wildman–Crippen LogP) is 2.72. The van der Waals surface area contributed by atoms with Crippen LogP contribution in [-0.2, 0) is 4.74 Å². The van der Waals surface area contributed by atoms with Crippen molar-refractivity contribution in [2.45, 2.75) is 6.36 Å². The van der Waals surface area contributed by atoms with Crippen LogP contribution >= 0.6 is 0 Å². The minimum Gasteiger partial charge on any atom is -0.406 e. The van der Waals surface area contributed by atoms with Crippen LogP contribution in [0.15, 0.2) is 35.9 Å². The first-order valence-electron chi connectivity index (χ1n) is 5.11. The van der Waals surface area contributed by atoms with Crippen LogP contribution in [0.3, 0.4) is 0 Å². The van der Waals surface area contributed by atoms with Gasteiger partial charge in [-0.15, -0.1) is 13.2 Å². The van der Waals surface area contributed by atoms with Crippen LogP contribution in [0.25, 0.3) is 0 Å². The zero-order valence-corrected chi connectivity index (χ0v) is 9.16. The number of carbonyl (C=O) groups is 1. The summed E-state index contributed by atoms with van der Waals surface area (Å²) in [6.45, 7) is 0.863. The fraction of sp³-hybridized carbons (Fsp3) is 0.250. The number of alkyl halides is 3. The van der Waals surface area contributed by atoms with Gasteiger partial charge in [0.25, 0.3) is 0 Å². The van der Waals surface area contributed by atoms with Crippen molar-refractivity contribution in [3.8, 4) is 5.75 Å². The fourth-order valence-corrected chi connectivity index (χ4v) is 1.39. The summed E-state index contributed by atoms with van der Waals surface area (Å²) in [5.74, 6) is -0.606. The number of halogens is 3. The van der Waals surface area contributed by atoms with Crippen molar-refractivity contribution in [1.29, 1.82) is 0 Å². The summed E-state index contributed by atoms with van der Waals surface area (Å²) in [4.78, 5) is 11.6. The molecule has 0 bridgehead atoms. The molecule has 18 heavy (non-hydrogen) atoms. The highest BCUT2D eigenvalue weighted by Crippen LogP contribution is 2.23. The summed E-state index contributed by atoms with van der Waals surface area (Å²) in [7, 11) is 0. The highest BCUT2D eigenvalue weighted by molar-refractivity contribution is 6.05. The zero-order valence-electron chi connectivity index (χ0n) is 9.16. The number of hydrogen-bond acceptors (Lipinski definition) is 3. The van der Waals surface area contributed by atoms with Crippen LogP contribution < -0.4 is 4.74 Å². The van der Waals surface area contributed by atoms with Gasteiger partial charge >= 0.3 is 6.36 Å². The van der Waals surface area contributed by atoms with E-state index in [1.54, 1.807) is 0 Å². The van der Waals surface area contributed by atoms with Crippen LogP contribution in [0, 0.1) is 0 Å². The topological polar surface area (TPSA) is 35.5 Å². The highest BCUT2D eigenvalue weighted by Gasteiger charge is 2.31. The quantitative estimate of drug-likeness (QED) is 0.617. The van der Waals surface area contributed by atoms with Crippen molar-refractivity contribution in [1.82, 2.24) is 0 Å². The van der Waals surface area contributed by atoms with E-state index in [9.17, 15) is 18.0 Å². The zero-order chi connectivity index (χ0) is 13.2. The van der Waals surface area contributed by atoms with Gasteiger partial charge in [-0.25, -0.2) is 0 Å². The smallest absolute Gasteiger partial charge is 0.406 e. The second kappa shape index (κ2) is 4.81. The van der Waals surface area contributed by atoms with E-state index in [0.29, 0.717) is 18.8 Å². The van der Waals surface area contributed by atoms with Crippen molar-refractivity contribution in [2.24, 2.45) is 0 Å². The molecule has 0 spiro atoms. The number of ether oxygens (including phenoxy) is 2. The molecular formula is C12H9F3O3. The van der Waals surface area contributed by atoms with Gasteiger partial charge in [-0.2, -0.15) is 0 Å². The van der Waals surface area contributed by atoms with Crippen molar-refractivity contribution in [3.05, 3.63) is 41.5 Å². The van der Waals surface area contributed by atoms with Crippen LogP contribution in [0.5, 0.6) is 5.75 Å². The van der Waals surface area contributed by atoms with Crippen molar-refractivity contribution < 1.29 is 27.4 Å². The van der Waals surface area contributed by atoms with E-state index >= 15 is 0 Å². The molecule has 0 N–H and O–H groups in total. The number of hydrogen-bond donors (Lipinski definition) is 0. The first-order chi connectivity index (χ1) is 8.44. The van der Waals surface area contributed by atoms with Gasteiger partial charge in [0, 0.05) is 5.56 Å². The lowest BCUT2D eigenvalue weighted by atomic mass is 10.1. The summed E-state index contributed by atoms with van der Waals surface area (Å²) >= 11 is 0. The lowest BCUT2D eigenvalue weighted by molar-refractivity contribution is -0.274. The van der Waals surface area contributed by atoms with Gasteiger partial charge in [0.2, 0.25) is 0 Å². The molecule has 0 saturated carbocycles. The normalized spacial score (nSPS) is 14.9. The van der Waals surface area contributed by atoms with Gasteiger partial charge in [-0.1, -0.05) is 0 Å². The van der Waals surface area contributed by atoms with E-state index in [1.807, 2.05) is 0 Å². The van der Waals surface area contributed by atoms with Crippen LogP contribution in [0.1, 0.15) is 10.4 Å². The third kappa shape index (κ3) is 3.33. The van der Waals surface area contributed by atoms with E-state index in [1.165, 1.54) is 18.2 Å². The van der Waals surface area contributed by atoms with E-state index < -0.39 is 6.36 Å². The van der Waals surface area contributed by atoms with Crippen molar-refractivity contribution >= 4 is 5.78 Å². The van der Waals surface area contributed by atoms with Gasteiger partial charge in [-0.3, -0.25) is 4.79 Å². The maximum atomic E-state index is 11.9. The molecular weight excluding hydrogens is 249 g/mol. The Labute approximate surface area is 101 Å². The Morgan fingerprint density at radius 1 is 1.22 bits per heavy atom. The monoisotopic (exact) mass is 258 g/mol. The average Bonchev–Trinajstić information content (AvgIpc) is 2.22. The van der Waals surface area contributed by atoms with E-state index in [0.717, 1.165) is 17.7 Å². The number of ketones is 1. The van der Waals surface area contributed by atoms with Crippen LogP contribution in [-0.4, -0.2) is 25.4 Å². The van der Waals surface area contributed by atoms with Crippen LogP contribution in [0.2, 0.25) is 0 Å². The minimum absolute atomic E-state index is 0.258. The fourth-order valence-electron chi connectivity index (χ4n) is 1.39. The molecule has 3 nitrogen and oxygen atoms in total. The molecule has 0 radical (unpaired) electrons. The third-order valence-corrected chi connectivity index (χ3v) is 2.28. The molecule has 0 aliphatic carbocycles. The second-order valence-electron chi connectivity index (χ2n) is 3.73. The molecule has 0 atom stereocenters. The second-order valence-corrected chi connectivity index (χ2v) is 3.73. The molecule has 1 saturated heterocycles. The number of rotatable bonds is 3. The van der Waals surface area contributed by atoms with Gasteiger partial charge in [0.15, 0.2) is 5.78 Å². The van der Waals surface area contributed by atoms with E-state index in [4.69, 9.17) is 4.74 Å². The maximum Gasteiger partial charge on any atom is 0.573 e. The summed E-state index contributed by atoms with van der Waals surface area (Å²) in [6, 6.07) is 4.80. The molecule has 1 aliphatic rings. The van der Waals surface area contributed by atoms with Crippen molar-refractivity contribution in [3.63, 3.8) is 0 Å². The summed E-state index contributed by atoms with van der Waals surface area (Å²) in [6.07, 6.45) is -3.29. The van der Waals surface area contributed by atoms with Crippen molar-refractivity contribution in [2.75, 3.05) is 13.2 Å². The number of benzene rings is 1. The molecule has 1 aromatic carbocycles. The van der Waals surface area contributed by atoms with Gasteiger partial charge in [-0.05, 0) is 35.9 Å². The average molecular weight is 258 g/mol. The lowest BCUT2D eigenvalue weighted by Gasteiger charge is -2.16. The molecule has 1 heterocycles. The Balaban J connectivity index is 2.05. The maximum absolute atomic E-state index is 11.9. The summed E-state index contributed by atoms with van der Waals surface area (Å²) < 4.78 is 44.3. The lowest BCUT2D eigenvalue weighted by Crippen LogP contribution is -2.18. The Morgan fingerprint density at radius 2 is 1.83 bits per heavy atom. The molecule has 0 unspecified atom stereocenters. The predicted molar refractivity (Wildman–Crippen MR) is 56.4 cm³/mol. The molecule has 1 fully saturated rings. The van der Waals surface area contributed by atoms with Crippen LogP contribution in [0.4, 0.5) is 13.2 Å². The molecule has 1 aromatic rings. The summed E-state index contributed by atoms with van der Waals surface area (Å²) in [5, 5.41) is 0. The summed E-state index contributed by atoms with van der Waals surface area (Å²) in [5.41, 5.74) is 1.18. The molecule has 6 heteroatoms. The van der Waals surface area contributed by atoms with Gasteiger partial charge < -0.3 is 9.47 Å². The number of allylic oxidation sites excluding steroid dienone is 1. The number of carbonyl (C=O) groups excluding carboxylic acids is 1.